The van der Waals surface area contributed by atoms with Crippen LogP contribution in [0.25, 0.3) is 0 Å². The first-order valence-corrected chi connectivity index (χ1v) is 15.5. The average Bonchev–Trinajstić information content (AvgIpc) is 3.40. The smallest absolute Gasteiger partial charge is 0.422 e. The highest BCUT2D eigenvalue weighted by Crippen LogP contribution is 2.38. The topological polar surface area (TPSA) is 117 Å². The van der Waals surface area contributed by atoms with Gasteiger partial charge in [-0.1, -0.05) is 41.9 Å². The van der Waals surface area contributed by atoms with E-state index < -0.39 is 45.4 Å². The Morgan fingerprint density at radius 1 is 1.21 bits per heavy atom. The molecule has 0 unspecified atom stereocenters. The van der Waals surface area contributed by atoms with Crippen LogP contribution in [0.2, 0.25) is 5.02 Å². The lowest BCUT2D eigenvalue weighted by Gasteiger charge is -2.27. The summed E-state index contributed by atoms with van der Waals surface area (Å²) in [6.45, 7) is 0.659. The van der Waals surface area contributed by atoms with E-state index in [4.69, 9.17) is 16.3 Å². The molecule has 0 spiro atoms. The van der Waals surface area contributed by atoms with Crippen LogP contribution >= 0.6 is 11.6 Å². The van der Waals surface area contributed by atoms with Crippen LogP contribution in [0.3, 0.4) is 0 Å². The van der Waals surface area contributed by atoms with E-state index in [0.717, 1.165) is 23.8 Å². The number of hydrogen-bond donors (Lipinski definition) is 1. The highest BCUT2D eigenvalue weighted by Gasteiger charge is 2.50. The third-order valence-electron chi connectivity index (χ3n) is 7.57. The summed E-state index contributed by atoms with van der Waals surface area (Å²) in [5.74, 6) is -0.127. The molecule has 1 saturated heterocycles. The molecule has 1 aliphatic carbocycles. The number of aryl methyl sites for hydroxylation is 3. The summed E-state index contributed by atoms with van der Waals surface area (Å²) in [5.41, 5.74) is 0.806. The van der Waals surface area contributed by atoms with Gasteiger partial charge in [0.15, 0.2) is 16.4 Å². The van der Waals surface area contributed by atoms with Crippen LogP contribution in [0.4, 0.5) is 19.0 Å². The fraction of sp³-hybridized carbons (Fsp3) is 0.414. The van der Waals surface area contributed by atoms with Crippen molar-refractivity contribution in [1.29, 1.82) is 5.26 Å². The standard InChI is InChI=1S/C29H29ClF3N5O4S/c1-19-13-26(38(36-19)12-9-20-5-3-2-4-6-20)37-16-22(15-24(37)27(39)35-28(17-34)10-11-28)43(40,41)25-8-7-21(14-23(25)30)42-18-29(31,32)33/h2-8,13-14,22,24H,9-12,15-16,18H2,1H3,(H,35,39)/t22-,24+/m1/s1. The molecule has 2 atom stereocenters. The lowest BCUT2D eigenvalue weighted by Crippen LogP contribution is -2.48. The van der Waals surface area contributed by atoms with E-state index >= 15 is 0 Å². The van der Waals surface area contributed by atoms with E-state index in [-0.39, 0.29) is 28.6 Å². The Balaban J connectivity index is 1.43. The number of ether oxygens (including phenoxy) is 1. The van der Waals surface area contributed by atoms with Crippen molar-refractivity contribution in [1.82, 2.24) is 15.1 Å². The van der Waals surface area contributed by atoms with Crippen LogP contribution in [-0.2, 0) is 27.6 Å². The van der Waals surface area contributed by atoms with Crippen LogP contribution < -0.4 is 15.0 Å². The van der Waals surface area contributed by atoms with Gasteiger partial charge in [0.2, 0.25) is 5.91 Å². The number of carbonyl (C=O) groups excluding carboxylic acids is 1. The third-order valence-corrected chi connectivity index (χ3v) is 10.2. The summed E-state index contributed by atoms with van der Waals surface area (Å²) >= 11 is 6.25. The Morgan fingerprint density at radius 2 is 1.93 bits per heavy atom. The van der Waals surface area contributed by atoms with Gasteiger partial charge in [-0.15, -0.1) is 0 Å². The van der Waals surface area contributed by atoms with Gasteiger partial charge in [0.1, 0.15) is 23.1 Å². The summed E-state index contributed by atoms with van der Waals surface area (Å²) in [4.78, 5) is 15.0. The number of carbonyl (C=O) groups is 1. The molecule has 2 fully saturated rings. The summed E-state index contributed by atoms with van der Waals surface area (Å²) in [6.07, 6.45) is -3.00. The van der Waals surface area contributed by atoms with E-state index in [1.54, 1.807) is 22.6 Å². The van der Waals surface area contributed by atoms with Gasteiger partial charge in [-0.2, -0.15) is 23.5 Å². The highest BCUT2D eigenvalue weighted by atomic mass is 35.5. The first-order chi connectivity index (χ1) is 20.3. The zero-order valence-electron chi connectivity index (χ0n) is 23.1. The molecule has 1 saturated carbocycles. The molecule has 2 aliphatic rings. The lowest BCUT2D eigenvalue weighted by molar-refractivity contribution is -0.153. The molecule has 2 heterocycles. The number of benzene rings is 2. The molecule has 1 aromatic heterocycles. The Bertz CT molecular complexity index is 1650. The van der Waals surface area contributed by atoms with Crippen molar-refractivity contribution in [3.63, 3.8) is 0 Å². The molecule has 9 nitrogen and oxygen atoms in total. The molecular weight excluding hydrogens is 607 g/mol. The van der Waals surface area contributed by atoms with Gasteiger partial charge in [-0.3, -0.25) is 4.79 Å². The largest absolute Gasteiger partial charge is 0.484 e. The molecule has 1 aliphatic heterocycles. The molecule has 43 heavy (non-hydrogen) atoms. The van der Waals surface area contributed by atoms with E-state index in [2.05, 4.69) is 16.5 Å². The van der Waals surface area contributed by atoms with Crippen molar-refractivity contribution < 1.29 is 31.1 Å². The minimum Gasteiger partial charge on any atom is -0.484 e. The molecule has 5 rings (SSSR count). The Labute approximate surface area is 252 Å². The maximum Gasteiger partial charge on any atom is 0.422 e. The second-order valence-corrected chi connectivity index (χ2v) is 13.5. The fourth-order valence-electron chi connectivity index (χ4n) is 5.19. The number of hydrogen-bond acceptors (Lipinski definition) is 7. The minimum absolute atomic E-state index is 0.0703. The zero-order valence-corrected chi connectivity index (χ0v) is 24.7. The summed E-state index contributed by atoms with van der Waals surface area (Å²) < 4.78 is 71.9. The predicted molar refractivity (Wildman–Crippen MR) is 153 cm³/mol. The molecule has 1 N–H and O–H groups in total. The minimum atomic E-state index is -4.57. The number of rotatable bonds is 10. The molecular formula is C29H29ClF3N5O4S. The van der Waals surface area contributed by atoms with Crippen molar-refractivity contribution in [3.8, 4) is 11.8 Å². The number of amides is 1. The normalized spacial score (nSPS) is 19.6. The summed E-state index contributed by atoms with van der Waals surface area (Å²) in [5, 5.41) is 15.6. The van der Waals surface area contributed by atoms with Gasteiger partial charge in [-0.25, -0.2) is 13.1 Å². The number of alkyl halides is 3. The van der Waals surface area contributed by atoms with Crippen LogP contribution in [0, 0.1) is 18.3 Å². The first-order valence-electron chi connectivity index (χ1n) is 13.6. The maximum atomic E-state index is 13.8. The number of nitriles is 1. The van der Waals surface area contributed by atoms with Crippen LogP contribution in [0.15, 0.2) is 59.5 Å². The van der Waals surface area contributed by atoms with Crippen molar-refractivity contribution in [2.24, 2.45) is 0 Å². The molecule has 0 radical (unpaired) electrons. The van der Waals surface area contributed by atoms with Gasteiger partial charge in [0.05, 0.1) is 26.9 Å². The number of sulfone groups is 1. The summed E-state index contributed by atoms with van der Waals surface area (Å²) in [6, 6.07) is 16.0. The Morgan fingerprint density at radius 3 is 2.56 bits per heavy atom. The van der Waals surface area contributed by atoms with Gasteiger partial charge >= 0.3 is 6.18 Å². The van der Waals surface area contributed by atoms with Crippen LogP contribution in [-0.4, -0.2) is 60.3 Å². The number of nitrogens with one attached hydrogen (secondary N) is 1. The Hall–Kier alpha value is -3.76. The number of nitrogens with zero attached hydrogens (tertiary/aromatic N) is 4. The van der Waals surface area contributed by atoms with Gasteiger partial charge in [0, 0.05) is 25.2 Å². The molecule has 228 valence electrons. The number of aromatic nitrogens is 2. The first kappa shape index (κ1) is 30.7. The second-order valence-electron chi connectivity index (χ2n) is 10.9. The second kappa shape index (κ2) is 11.7. The van der Waals surface area contributed by atoms with E-state index in [9.17, 15) is 31.6 Å². The number of anilines is 1. The van der Waals surface area contributed by atoms with E-state index in [1.165, 1.54) is 0 Å². The molecule has 0 bridgehead atoms. The van der Waals surface area contributed by atoms with Gasteiger partial charge in [0.25, 0.3) is 0 Å². The van der Waals surface area contributed by atoms with Crippen molar-refractivity contribution in [2.45, 2.75) is 67.1 Å². The van der Waals surface area contributed by atoms with Crippen LogP contribution in [0.1, 0.15) is 30.5 Å². The predicted octanol–water partition coefficient (Wildman–Crippen LogP) is 4.62. The number of halogens is 4. The molecule has 3 aromatic rings. The van der Waals surface area contributed by atoms with Crippen molar-refractivity contribution >= 4 is 33.2 Å². The SMILES string of the molecule is Cc1cc(N2C[C@H](S(=O)(=O)c3ccc(OCC(F)(F)F)cc3Cl)C[C@H]2C(=O)NC2(C#N)CC2)n(CCc2ccccc2)n1. The van der Waals surface area contributed by atoms with Crippen LogP contribution in [0.5, 0.6) is 5.75 Å². The summed E-state index contributed by atoms with van der Waals surface area (Å²) in [7, 11) is -4.16. The third kappa shape index (κ3) is 6.91. The van der Waals surface area contributed by atoms with Crippen molar-refractivity contribution in [3.05, 3.63) is 70.9 Å². The lowest BCUT2D eigenvalue weighted by atomic mass is 10.1. The molecule has 2 aromatic carbocycles. The van der Waals surface area contributed by atoms with E-state index in [1.807, 2.05) is 30.3 Å². The van der Waals surface area contributed by atoms with Gasteiger partial charge < -0.3 is 15.0 Å². The quantitative estimate of drug-likeness (QED) is 0.345. The van der Waals surface area contributed by atoms with E-state index in [0.29, 0.717) is 37.3 Å². The van der Waals surface area contributed by atoms with Crippen molar-refractivity contribution in [2.75, 3.05) is 18.1 Å². The molecule has 1 amide bonds. The fourth-order valence-corrected chi connectivity index (χ4v) is 7.42. The van der Waals surface area contributed by atoms with Gasteiger partial charge in [-0.05, 0) is 50.3 Å². The molecule has 14 heteroatoms. The maximum absolute atomic E-state index is 13.8. The average molecular weight is 636 g/mol. The zero-order chi connectivity index (χ0) is 31.0. The Kier molecular flexibility index (Phi) is 8.37. The monoisotopic (exact) mass is 635 g/mol. The highest BCUT2D eigenvalue weighted by molar-refractivity contribution is 7.92.